The Kier molecular flexibility index (Phi) is 9.95. The molecule has 6 N–H and O–H groups in total. The first-order valence-electron chi connectivity index (χ1n) is 8.95. The van der Waals surface area contributed by atoms with Gasteiger partial charge in [0, 0.05) is 16.0 Å². The molecule has 34 heavy (non-hydrogen) atoms. The molecule has 0 spiro atoms. The number of hydrogen-bond acceptors (Lipinski definition) is 7. The number of esters is 1. The molecule has 182 valence electrons. The molecule has 0 unspecified atom stereocenters. The first kappa shape index (κ1) is 27.8. The minimum atomic E-state index is -5.08. The molecule has 0 saturated carbocycles. The van der Waals surface area contributed by atoms with E-state index in [4.69, 9.17) is 30.9 Å². The maximum atomic E-state index is 12.2. The highest BCUT2D eigenvalue weighted by atomic mass is 32.1. The molecule has 2 rings (SSSR count). The van der Waals surface area contributed by atoms with Crippen LogP contribution in [0.3, 0.4) is 0 Å². The van der Waals surface area contributed by atoms with Crippen molar-refractivity contribution in [2.75, 3.05) is 6.54 Å². The van der Waals surface area contributed by atoms with E-state index in [-0.39, 0.29) is 5.84 Å². The van der Waals surface area contributed by atoms with Crippen LogP contribution in [0.5, 0.6) is 5.75 Å². The highest BCUT2D eigenvalue weighted by Gasteiger charge is 2.38. The Balaban J connectivity index is 0.000000718. The summed E-state index contributed by atoms with van der Waals surface area (Å²) >= 11 is 1.14. The van der Waals surface area contributed by atoms with Crippen molar-refractivity contribution in [2.24, 2.45) is 5.73 Å². The summed E-state index contributed by atoms with van der Waals surface area (Å²) in [4.78, 5) is 44.3. The molecule has 0 radical (unpaired) electrons. The first-order valence-corrected chi connectivity index (χ1v) is 9.77. The lowest BCUT2D eigenvalue weighted by atomic mass is 10.2. The molecule has 0 aliphatic heterocycles. The van der Waals surface area contributed by atoms with Gasteiger partial charge in [0.05, 0.1) is 0 Å². The smallest absolute Gasteiger partial charge is 0.480 e. The Morgan fingerprint density at radius 3 is 2.15 bits per heavy atom. The van der Waals surface area contributed by atoms with Gasteiger partial charge in [-0.1, -0.05) is 0 Å². The van der Waals surface area contributed by atoms with Gasteiger partial charge in [-0.2, -0.15) is 13.2 Å². The van der Waals surface area contributed by atoms with Crippen LogP contribution in [0.25, 0.3) is 6.08 Å². The number of benzene rings is 1. The number of amidine groups is 1. The van der Waals surface area contributed by atoms with Gasteiger partial charge in [-0.05, 0) is 49.4 Å². The van der Waals surface area contributed by atoms with Crippen molar-refractivity contribution in [3.8, 4) is 5.75 Å². The number of amides is 1. The molecule has 14 heteroatoms. The fraction of sp³-hybridized carbons (Fsp3) is 0.150. The number of nitrogens with two attached hydrogens (primary N) is 1. The van der Waals surface area contributed by atoms with Crippen LogP contribution in [0.15, 0.2) is 42.0 Å². The second-order valence-corrected chi connectivity index (χ2v) is 7.35. The van der Waals surface area contributed by atoms with Crippen LogP contribution in [-0.2, 0) is 14.4 Å². The first-order chi connectivity index (χ1) is 15.7. The highest BCUT2D eigenvalue weighted by molar-refractivity contribution is 7.14. The molecule has 0 saturated heterocycles. The van der Waals surface area contributed by atoms with Crippen molar-refractivity contribution in [2.45, 2.75) is 13.1 Å². The summed E-state index contributed by atoms with van der Waals surface area (Å²) in [5.74, 6) is -4.70. The van der Waals surface area contributed by atoms with Gasteiger partial charge in [0.15, 0.2) is 0 Å². The van der Waals surface area contributed by atoms with Crippen molar-refractivity contribution in [1.82, 2.24) is 5.32 Å². The zero-order valence-corrected chi connectivity index (χ0v) is 18.1. The standard InChI is InChI=1S/C18H17N3O5S.C2HF3O2/c1-10(17(24)21-9-15(22)23)8-13-6-7-14(27-13)18(25)26-12-4-2-11(3-5-12)16(19)20;3-2(4,5)1(6)7/h2-8H,9H2,1H3,(H3,19,20)(H,21,24)(H,22,23);(H,6,7)/b10-8+;. The fourth-order valence-corrected chi connectivity index (χ4v) is 2.86. The molecular formula is C20H18F3N3O7S. The highest BCUT2D eigenvalue weighted by Crippen LogP contribution is 2.22. The molecule has 0 bridgehead atoms. The van der Waals surface area contributed by atoms with E-state index in [2.05, 4.69) is 5.32 Å². The van der Waals surface area contributed by atoms with Crippen LogP contribution in [0.1, 0.15) is 27.0 Å². The third-order valence-corrected chi connectivity index (χ3v) is 4.58. The van der Waals surface area contributed by atoms with Gasteiger partial charge >= 0.3 is 24.1 Å². The molecule has 0 aliphatic carbocycles. The number of rotatable bonds is 7. The summed E-state index contributed by atoms with van der Waals surface area (Å²) in [5.41, 5.74) is 6.21. The third kappa shape index (κ3) is 9.52. The zero-order chi connectivity index (χ0) is 26.1. The summed E-state index contributed by atoms with van der Waals surface area (Å²) in [6.45, 7) is 1.08. The molecule has 2 aromatic rings. The van der Waals surface area contributed by atoms with Crippen molar-refractivity contribution in [3.63, 3.8) is 0 Å². The van der Waals surface area contributed by atoms with Gasteiger partial charge in [-0.3, -0.25) is 15.0 Å². The van der Waals surface area contributed by atoms with Crippen LogP contribution in [0.4, 0.5) is 13.2 Å². The van der Waals surface area contributed by atoms with Crippen molar-refractivity contribution >= 4 is 47.1 Å². The van der Waals surface area contributed by atoms with Crippen LogP contribution < -0.4 is 15.8 Å². The lowest BCUT2D eigenvalue weighted by molar-refractivity contribution is -0.192. The molecular weight excluding hydrogens is 483 g/mol. The van der Waals surface area contributed by atoms with E-state index >= 15 is 0 Å². The number of carboxylic acid groups (broad SMARTS) is 2. The number of carbonyl (C=O) groups is 4. The molecule has 1 aromatic heterocycles. The van der Waals surface area contributed by atoms with Crippen LogP contribution >= 0.6 is 11.3 Å². The molecule has 10 nitrogen and oxygen atoms in total. The number of thiophene rings is 1. The van der Waals surface area contributed by atoms with E-state index in [1.165, 1.54) is 0 Å². The number of hydrogen-bond donors (Lipinski definition) is 5. The molecule has 0 fully saturated rings. The topological polar surface area (TPSA) is 180 Å². The molecule has 0 atom stereocenters. The number of alkyl halides is 3. The molecule has 1 heterocycles. The van der Waals surface area contributed by atoms with Gasteiger partial charge < -0.3 is 26.0 Å². The maximum absolute atomic E-state index is 12.2. The lowest BCUT2D eigenvalue weighted by Gasteiger charge is -2.04. The predicted molar refractivity (Wildman–Crippen MR) is 115 cm³/mol. The second-order valence-electron chi connectivity index (χ2n) is 6.24. The number of carboxylic acids is 2. The minimum absolute atomic E-state index is 0.0784. The van der Waals surface area contributed by atoms with Crippen molar-refractivity contribution in [1.29, 1.82) is 5.41 Å². The summed E-state index contributed by atoms with van der Waals surface area (Å²) in [5, 5.41) is 25.3. The predicted octanol–water partition coefficient (Wildman–Crippen LogP) is 2.49. The minimum Gasteiger partial charge on any atom is -0.480 e. The number of carbonyl (C=O) groups excluding carboxylic acids is 2. The van der Waals surface area contributed by atoms with Gasteiger partial charge in [-0.15, -0.1) is 11.3 Å². The van der Waals surface area contributed by atoms with Gasteiger partial charge in [0.1, 0.15) is 23.0 Å². The van der Waals surface area contributed by atoms with E-state index in [1.54, 1.807) is 49.4 Å². The normalized spacial score (nSPS) is 11.0. The van der Waals surface area contributed by atoms with Gasteiger partial charge in [0.25, 0.3) is 0 Å². The molecule has 0 aliphatic rings. The Hall–Kier alpha value is -4.20. The number of ether oxygens (including phenoxy) is 1. The molecule has 1 amide bonds. The maximum Gasteiger partial charge on any atom is 0.490 e. The summed E-state index contributed by atoms with van der Waals surface area (Å²) in [6, 6.07) is 9.47. The zero-order valence-electron chi connectivity index (χ0n) is 17.3. The number of halogens is 3. The van der Waals surface area contributed by atoms with Crippen molar-refractivity contribution in [3.05, 3.63) is 57.3 Å². The van der Waals surface area contributed by atoms with E-state index < -0.39 is 36.5 Å². The van der Waals surface area contributed by atoms with E-state index in [0.717, 1.165) is 11.3 Å². The lowest BCUT2D eigenvalue weighted by Crippen LogP contribution is -2.29. The average molecular weight is 501 g/mol. The summed E-state index contributed by atoms with van der Waals surface area (Å²) < 4.78 is 37.0. The fourth-order valence-electron chi connectivity index (χ4n) is 1.97. The Morgan fingerprint density at radius 2 is 1.68 bits per heavy atom. The molecule has 1 aromatic carbocycles. The quantitative estimate of drug-likeness (QED) is 0.126. The monoisotopic (exact) mass is 501 g/mol. The second kappa shape index (κ2) is 12.2. The summed E-state index contributed by atoms with van der Waals surface area (Å²) in [6.07, 6.45) is -3.53. The average Bonchev–Trinajstić information content (AvgIpc) is 3.20. The van der Waals surface area contributed by atoms with Crippen molar-refractivity contribution < 1.29 is 47.3 Å². The largest absolute Gasteiger partial charge is 0.490 e. The SMILES string of the molecule is C/C(=C\c1ccc(C(=O)Oc2ccc(C(=N)N)cc2)s1)C(=O)NCC(=O)O.O=C(O)C(F)(F)F. The summed E-state index contributed by atoms with van der Waals surface area (Å²) in [7, 11) is 0. The Bertz CT molecular complexity index is 1110. The Morgan fingerprint density at radius 1 is 1.12 bits per heavy atom. The van der Waals surface area contributed by atoms with Crippen LogP contribution in [0.2, 0.25) is 0 Å². The third-order valence-electron chi connectivity index (χ3n) is 3.56. The van der Waals surface area contributed by atoms with Crippen LogP contribution in [0, 0.1) is 5.41 Å². The van der Waals surface area contributed by atoms with E-state index in [0.29, 0.717) is 26.6 Å². The van der Waals surface area contributed by atoms with E-state index in [9.17, 15) is 27.6 Å². The number of aliphatic carboxylic acids is 2. The van der Waals surface area contributed by atoms with Gasteiger partial charge in [-0.25, -0.2) is 9.59 Å². The van der Waals surface area contributed by atoms with E-state index in [1.807, 2.05) is 0 Å². The number of nitrogen functional groups attached to an aromatic ring is 1. The Labute approximate surface area is 194 Å². The van der Waals surface area contributed by atoms with Gasteiger partial charge in [0.2, 0.25) is 5.91 Å². The van der Waals surface area contributed by atoms with Crippen LogP contribution in [-0.4, -0.2) is 52.6 Å². The number of nitrogens with one attached hydrogen (secondary N) is 2.